The number of nitrogens with one attached hydrogen (secondary N) is 1. The summed E-state index contributed by atoms with van der Waals surface area (Å²) in [6.07, 6.45) is 3.83. The molecule has 0 saturated carbocycles. The van der Waals surface area contributed by atoms with Gasteiger partial charge in [0.05, 0.1) is 30.9 Å². The zero-order valence-electron chi connectivity index (χ0n) is 26.5. The first-order valence-corrected chi connectivity index (χ1v) is 17.4. The summed E-state index contributed by atoms with van der Waals surface area (Å²) < 4.78 is 19.3. The number of hydrogen-bond donors (Lipinski definition) is 1. The third-order valence-electron chi connectivity index (χ3n) is 8.72. The largest absolute Gasteiger partial charge is 0.494 e. The van der Waals surface area contributed by atoms with E-state index in [1.165, 1.54) is 21.8 Å². The highest BCUT2D eigenvalue weighted by Crippen LogP contribution is 2.31. The monoisotopic (exact) mass is 648 g/mol. The summed E-state index contributed by atoms with van der Waals surface area (Å²) in [6.45, 7) is 7.29. The van der Waals surface area contributed by atoms with Crippen LogP contribution in [0.5, 0.6) is 17.4 Å². The Morgan fingerprint density at radius 2 is 1.45 bits per heavy atom. The molecule has 47 heavy (non-hydrogen) atoms. The highest BCUT2D eigenvalue weighted by molar-refractivity contribution is 7.17. The van der Waals surface area contributed by atoms with Gasteiger partial charge in [-0.1, -0.05) is 6.07 Å². The molecule has 3 aromatic carbocycles. The highest BCUT2D eigenvalue weighted by Gasteiger charge is 2.18. The van der Waals surface area contributed by atoms with Crippen molar-refractivity contribution in [2.75, 3.05) is 57.4 Å². The molecule has 242 valence electrons. The first-order valence-electron chi connectivity index (χ1n) is 16.5. The number of aromatic nitrogens is 2. The SMILES string of the molecule is O=c1ccc2ccc(OCCCCOc3ccc4ccc(OCCCCN5CCN(c6cccc7sccc67)CC5)cc4n3)cc2[nH]1. The molecule has 1 aliphatic rings. The molecule has 7 rings (SSSR count). The Hall–Kier alpha value is -4.60. The lowest BCUT2D eigenvalue weighted by atomic mass is 10.2. The van der Waals surface area contributed by atoms with E-state index in [0.717, 1.165) is 91.7 Å². The smallest absolute Gasteiger partial charge is 0.248 e. The van der Waals surface area contributed by atoms with E-state index in [1.807, 2.05) is 59.9 Å². The fraction of sp³-hybridized carbons (Fsp3) is 0.316. The van der Waals surface area contributed by atoms with Gasteiger partial charge in [-0.25, -0.2) is 4.98 Å². The maximum atomic E-state index is 11.6. The van der Waals surface area contributed by atoms with Crippen LogP contribution in [0.4, 0.5) is 5.69 Å². The lowest BCUT2D eigenvalue weighted by molar-refractivity contribution is 0.239. The number of rotatable bonds is 14. The van der Waals surface area contributed by atoms with Crippen molar-refractivity contribution in [2.45, 2.75) is 25.7 Å². The fourth-order valence-corrected chi connectivity index (χ4v) is 6.94. The van der Waals surface area contributed by atoms with E-state index in [2.05, 4.69) is 50.5 Å². The molecular weight excluding hydrogens is 609 g/mol. The van der Waals surface area contributed by atoms with E-state index >= 15 is 0 Å². The Morgan fingerprint density at radius 1 is 0.723 bits per heavy atom. The van der Waals surface area contributed by atoms with Gasteiger partial charge in [0.15, 0.2) is 0 Å². The van der Waals surface area contributed by atoms with Gasteiger partial charge < -0.3 is 24.1 Å². The summed E-state index contributed by atoms with van der Waals surface area (Å²) in [5.41, 5.74) is 2.90. The van der Waals surface area contributed by atoms with E-state index in [1.54, 1.807) is 0 Å². The molecule has 0 bridgehead atoms. The summed E-state index contributed by atoms with van der Waals surface area (Å²) >= 11 is 1.82. The number of nitrogens with zero attached hydrogens (tertiary/aromatic N) is 3. The first-order chi connectivity index (χ1) is 23.2. The van der Waals surface area contributed by atoms with Gasteiger partial charge in [0.25, 0.3) is 0 Å². The minimum Gasteiger partial charge on any atom is -0.494 e. The molecule has 1 fully saturated rings. The topological polar surface area (TPSA) is 79.9 Å². The fourth-order valence-electron chi connectivity index (χ4n) is 6.13. The maximum Gasteiger partial charge on any atom is 0.248 e. The molecule has 0 atom stereocenters. The van der Waals surface area contributed by atoms with Gasteiger partial charge in [-0.05, 0) is 97.6 Å². The van der Waals surface area contributed by atoms with E-state index in [-0.39, 0.29) is 5.56 Å². The molecule has 0 aliphatic carbocycles. The highest BCUT2D eigenvalue weighted by atomic mass is 32.1. The number of piperazine rings is 1. The lowest BCUT2D eigenvalue weighted by Crippen LogP contribution is -2.46. The van der Waals surface area contributed by atoms with Crippen LogP contribution in [0.3, 0.4) is 0 Å². The van der Waals surface area contributed by atoms with Crippen molar-refractivity contribution < 1.29 is 14.2 Å². The van der Waals surface area contributed by atoms with Gasteiger partial charge in [-0.15, -0.1) is 11.3 Å². The van der Waals surface area contributed by atoms with Crippen molar-refractivity contribution >= 4 is 48.9 Å². The van der Waals surface area contributed by atoms with Gasteiger partial charge in [0.1, 0.15) is 11.5 Å². The number of pyridine rings is 2. The molecule has 9 heteroatoms. The second kappa shape index (κ2) is 14.9. The predicted molar refractivity (Wildman–Crippen MR) is 192 cm³/mol. The Balaban J connectivity index is 0.796. The molecule has 1 saturated heterocycles. The summed E-state index contributed by atoms with van der Waals surface area (Å²) in [5.74, 6) is 2.20. The predicted octanol–water partition coefficient (Wildman–Crippen LogP) is 7.51. The number of ether oxygens (including phenoxy) is 3. The Kier molecular flexibility index (Phi) is 9.82. The van der Waals surface area contributed by atoms with Gasteiger partial charge in [-0.3, -0.25) is 9.69 Å². The van der Waals surface area contributed by atoms with E-state index in [4.69, 9.17) is 19.2 Å². The number of fused-ring (bicyclic) bond motifs is 3. The number of anilines is 1. The average Bonchev–Trinajstić information content (AvgIpc) is 3.59. The quantitative estimate of drug-likeness (QED) is 0.123. The first kappa shape index (κ1) is 31.0. The molecule has 4 heterocycles. The maximum absolute atomic E-state index is 11.6. The Bertz CT molecular complexity index is 2000. The normalized spacial score (nSPS) is 13.8. The van der Waals surface area contributed by atoms with Crippen LogP contribution in [-0.2, 0) is 0 Å². The molecule has 0 amide bonds. The van der Waals surface area contributed by atoms with Crippen LogP contribution in [0.2, 0.25) is 0 Å². The molecule has 0 radical (unpaired) electrons. The van der Waals surface area contributed by atoms with Crippen LogP contribution in [-0.4, -0.2) is 67.4 Å². The molecule has 0 unspecified atom stereocenters. The van der Waals surface area contributed by atoms with Crippen LogP contribution < -0.4 is 24.7 Å². The lowest BCUT2D eigenvalue weighted by Gasteiger charge is -2.36. The molecular formula is C38H40N4O4S. The van der Waals surface area contributed by atoms with E-state index < -0.39 is 0 Å². The second-order valence-corrected chi connectivity index (χ2v) is 12.9. The number of benzene rings is 3. The van der Waals surface area contributed by atoms with Crippen molar-refractivity contribution in [3.05, 3.63) is 101 Å². The Morgan fingerprint density at radius 3 is 2.30 bits per heavy atom. The van der Waals surface area contributed by atoms with Crippen LogP contribution in [0.1, 0.15) is 25.7 Å². The summed E-state index contributed by atoms with van der Waals surface area (Å²) in [5, 5.41) is 5.61. The third-order valence-corrected chi connectivity index (χ3v) is 9.60. The van der Waals surface area contributed by atoms with Crippen molar-refractivity contribution in [3.8, 4) is 17.4 Å². The van der Waals surface area contributed by atoms with Crippen molar-refractivity contribution in [1.29, 1.82) is 0 Å². The molecule has 8 nitrogen and oxygen atoms in total. The molecule has 1 aliphatic heterocycles. The van der Waals surface area contributed by atoms with Gasteiger partial charge >= 0.3 is 0 Å². The van der Waals surface area contributed by atoms with E-state index in [9.17, 15) is 4.79 Å². The van der Waals surface area contributed by atoms with Gasteiger partial charge in [0.2, 0.25) is 11.4 Å². The van der Waals surface area contributed by atoms with Crippen molar-refractivity contribution in [2.24, 2.45) is 0 Å². The van der Waals surface area contributed by atoms with Crippen molar-refractivity contribution in [1.82, 2.24) is 14.9 Å². The number of H-pyrrole nitrogens is 1. The second-order valence-electron chi connectivity index (χ2n) is 12.0. The van der Waals surface area contributed by atoms with Crippen LogP contribution in [0.15, 0.2) is 95.1 Å². The average molecular weight is 649 g/mol. The van der Waals surface area contributed by atoms with Gasteiger partial charge in [-0.2, -0.15) is 0 Å². The minimum absolute atomic E-state index is 0.118. The minimum atomic E-state index is -0.118. The van der Waals surface area contributed by atoms with Crippen LogP contribution in [0.25, 0.3) is 31.9 Å². The molecule has 3 aromatic heterocycles. The number of hydrogen-bond acceptors (Lipinski definition) is 8. The summed E-state index contributed by atoms with van der Waals surface area (Å²) in [4.78, 5) is 24.2. The summed E-state index contributed by atoms with van der Waals surface area (Å²) in [6, 6.07) is 28.0. The zero-order valence-corrected chi connectivity index (χ0v) is 27.3. The van der Waals surface area contributed by atoms with Gasteiger partial charge in [0, 0.05) is 71.6 Å². The standard InChI is InChI=1S/C38H40N4O4S/c43-37-14-10-28-8-12-30(26-33(28)39-37)45-23-3-4-24-46-38-15-11-29-9-13-31(27-34(29)40-38)44-22-2-1-17-41-18-20-42(21-19-41)35-6-5-7-36-32(35)16-25-47-36/h5-16,25-27H,1-4,17-24H2,(H,39,43). The number of aromatic amines is 1. The molecule has 1 N–H and O–H groups in total. The van der Waals surface area contributed by atoms with Crippen LogP contribution in [0, 0.1) is 0 Å². The molecule has 6 aromatic rings. The summed E-state index contributed by atoms with van der Waals surface area (Å²) in [7, 11) is 0. The van der Waals surface area contributed by atoms with E-state index in [0.29, 0.717) is 25.7 Å². The Labute approximate surface area is 278 Å². The molecule has 0 spiro atoms. The van der Waals surface area contributed by atoms with Crippen molar-refractivity contribution in [3.63, 3.8) is 0 Å². The number of unbranched alkanes of at least 4 members (excludes halogenated alkanes) is 2. The number of thiophene rings is 1. The van der Waals surface area contributed by atoms with Crippen LogP contribution >= 0.6 is 11.3 Å². The zero-order chi connectivity index (χ0) is 31.8. The third kappa shape index (κ3) is 7.86.